The second-order valence-electron chi connectivity index (χ2n) is 3.95. The number of nitrogens with two attached hydrogens (primary N) is 1. The summed E-state index contributed by atoms with van der Waals surface area (Å²) in [6, 6.07) is 0. The van der Waals surface area contributed by atoms with E-state index < -0.39 is 10.8 Å². The summed E-state index contributed by atoms with van der Waals surface area (Å²) in [5, 5.41) is 3.05. The van der Waals surface area contributed by atoms with Gasteiger partial charge >= 0.3 is 0 Å². The van der Waals surface area contributed by atoms with Gasteiger partial charge in [-0.3, -0.25) is 14.2 Å². The number of nitrogen functional groups attached to an aromatic ring is 1. The third-order valence-corrected chi connectivity index (χ3v) is 3.24. The highest BCUT2D eigenvalue weighted by atomic mass is 32.2. The third-order valence-electron chi connectivity index (χ3n) is 2.38. The predicted octanol–water partition coefficient (Wildman–Crippen LogP) is -0.477. The van der Waals surface area contributed by atoms with Gasteiger partial charge in [0.05, 0.1) is 0 Å². The fourth-order valence-electron chi connectivity index (χ4n) is 1.48. The van der Waals surface area contributed by atoms with Crippen molar-refractivity contribution in [2.24, 2.45) is 5.84 Å². The summed E-state index contributed by atoms with van der Waals surface area (Å²) in [4.78, 5) is 16.4. The number of nitrogens with one attached hydrogen (secondary N) is 2. The Hall–Kier alpha value is -2.07. The molecule has 0 radical (unpaired) electrons. The van der Waals surface area contributed by atoms with Crippen LogP contribution >= 0.6 is 0 Å². The van der Waals surface area contributed by atoms with Crippen LogP contribution in [0.5, 0.6) is 0 Å². The Morgan fingerprint density at radius 2 is 2.15 bits per heavy atom. The molecular formula is C10H16N8OS. The Bertz CT molecular complexity index is 573. The first-order valence-corrected chi connectivity index (χ1v) is 7.66. The van der Waals surface area contributed by atoms with Crippen LogP contribution in [0, 0.1) is 0 Å². The minimum absolute atomic E-state index is 0.255. The van der Waals surface area contributed by atoms with Gasteiger partial charge in [0.25, 0.3) is 0 Å². The molecule has 10 heteroatoms. The topological polar surface area (TPSA) is 124 Å². The summed E-state index contributed by atoms with van der Waals surface area (Å²) in [5.74, 6) is 7.04. The van der Waals surface area contributed by atoms with Crippen LogP contribution in [0.1, 0.15) is 6.42 Å². The van der Waals surface area contributed by atoms with Gasteiger partial charge in [0.2, 0.25) is 17.8 Å². The number of rotatable bonds is 7. The van der Waals surface area contributed by atoms with Crippen molar-refractivity contribution in [3.05, 3.63) is 18.7 Å². The minimum Gasteiger partial charge on any atom is -0.354 e. The van der Waals surface area contributed by atoms with Crippen LogP contribution in [-0.4, -0.2) is 47.3 Å². The average molecular weight is 296 g/mol. The number of anilines is 2. The fraction of sp³-hybridized carbons (Fsp3) is 0.400. The summed E-state index contributed by atoms with van der Waals surface area (Å²) >= 11 is 0. The lowest BCUT2D eigenvalue weighted by atomic mass is 10.5. The highest BCUT2D eigenvalue weighted by Gasteiger charge is 2.07. The van der Waals surface area contributed by atoms with Crippen LogP contribution < -0.4 is 16.6 Å². The molecule has 0 aliphatic heterocycles. The highest BCUT2D eigenvalue weighted by Crippen LogP contribution is 2.08. The van der Waals surface area contributed by atoms with Crippen molar-refractivity contribution >= 4 is 22.7 Å². The number of hydrogen-bond donors (Lipinski definition) is 3. The van der Waals surface area contributed by atoms with Gasteiger partial charge in [-0.05, 0) is 6.42 Å². The van der Waals surface area contributed by atoms with E-state index in [1.807, 2.05) is 0 Å². The van der Waals surface area contributed by atoms with Crippen molar-refractivity contribution < 1.29 is 4.21 Å². The van der Waals surface area contributed by atoms with Gasteiger partial charge in [0.1, 0.15) is 6.33 Å². The highest BCUT2D eigenvalue weighted by molar-refractivity contribution is 7.84. The van der Waals surface area contributed by atoms with E-state index in [9.17, 15) is 4.21 Å². The second kappa shape index (κ2) is 6.91. The molecule has 2 aromatic rings. The molecule has 1 unspecified atom stereocenters. The summed E-state index contributed by atoms with van der Waals surface area (Å²) in [7, 11) is -0.796. The molecule has 0 amide bonds. The maximum atomic E-state index is 11.0. The lowest BCUT2D eigenvalue weighted by Gasteiger charge is -2.08. The molecule has 0 fully saturated rings. The molecule has 1 atom stereocenters. The summed E-state index contributed by atoms with van der Waals surface area (Å²) in [6.07, 6.45) is 7.37. The molecule has 0 saturated heterocycles. The average Bonchev–Trinajstić information content (AvgIpc) is 2.97. The van der Waals surface area contributed by atoms with Crippen molar-refractivity contribution in [3.8, 4) is 5.95 Å². The standard InChI is InChI=1S/C10H16N8OS/c1-20(19)6-2-3-13-8-14-9(17-11)16-10(15-8)18-5-4-12-7-18/h4-5,7H,2-3,6,11H2,1H3,(H2,13,14,15,16,17). The molecule has 0 spiro atoms. The van der Waals surface area contributed by atoms with Crippen LogP contribution in [-0.2, 0) is 10.8 Å². The van der Waals surface area contributed by atoms with Gasteiger partial charge in [-0.25, -0.2) is 10.8 Å². The van der Waals surface area contributed by atoms with E-state index in [4.69, 9.17) is 5.84 Å². The Labute approximate surface area is 118 Å². The maximum Gasteiger partial charge on any atom is 0.243 e. The predicted molar refractivity (Wildman–Crippen MR) is 76.8 cm³/mol. The fourth-order valence-corrected chi connectivity index (χ4v) is 2.03. The lowest BCUT2D eigenvalue weighted by molar-refractivity contribution is 0.685. The van der Waals surface area contributed by atoms with E-state index in [1.54, 1.807) is 29.5 Å². The van der Waals surface area contributed by atoms with Crippen molar-refractivity contribution in [2.75, 3.05) is 29.3 Å². The first-order valence-electron chi connectivity index (χ1n) is 5.94. The number of imidazole rings is 1. The largest absolute Gasteiger partial charge is 0.354 e. The van der Waals surface area contributed by atoms with E-state index in [1.165, 1.54) is 0 Å². The Morgan fingerprint density at radius 1 is 1.35 bits per heavy atom. The van der Waals surface area contributed by atoms with Gasteiger partial charge in [-0.1, -0.05) is 0 Å². The van der Waals surface area contributed by atoms with Gasteiger partial charge in [-0.15, -0.1) is 0 Å². The molecule has 0 aromatic carbocycles. The van der Waals surface area contributed by atoms with Crippen LogP contribution in [0.2, 0.25) is 0 Å². The first-order chi connectivity index (χ1) is 9.69. The van der Waals surface area contributed by atoms with Gasteiger partial charge in [0.15, 0.2) is 0 Å². The maximum absolute atomic E-state index is 11.0. The zero-order valence-corrected chi connectivity index (χ0v) is 11.8. The summed E-state index contributed by atoms with van der Waals surface area (Å²) in [6.45, 7) is 0.622. The summed E-state index contributed by atoms with van der Waals surface area (Å²) in [5.41, 5.74) is 2.39. The number of hydrogen-bond acceptors (Lipinski definition) is 8. The molecule has 0 saturated carbocycles. The van der Waals surface area contributed by atoms with Gasteiger partial charge < -0.3 is 5.32 Å². The molecule has 0 aliphatic carbocycles. The van der Waals surface area contributed by atoms with Crippen LogP contribution in [0.15, 0.2) is 18.7 Å². The first kappa shape index (κ1) is 14.3. The molecule has 4 N–H and O–H groups in total. The molecule has 2 rings (SSSR count). The number of hydrazine groups is 1. The molecule has 20 heavy (non-hydrogen) atoms. The van der Waals surface area contributed by atoms with E-state index in [0.29, 0.717) is 24.2 Å². The Balaban J connectivity index is 2.08. The van der Waals surface area contributed by atoms with Crippen LogP contribution in [0.25, 0.3) is 5.95 Å². The van der Waals surface area contributed by atoms with E-state index in [0.717, 1.165) is 6.42 Å². The number of aromatic nitrogens is 5. The molecule has 9 nitrogen and oxygen atoms in total. The molecule has 0 bridgehead atoms. The van der Waals surface area contributed by atoms with Crippen LogP contribution in [0.3, 0.4) is 0 Å². The van der Waals surface area contributed by atoms with Crippen LogP contribution in [0.4, 0.5) is 11.9 Å². The van der Waals surface area contributed by atoms with E-state index in [-0.39, 0.29) is 5.95 Å². The third kappa shape index (κ3) is 3.96. The van der Waals surface area contributed by atoms with Gasteiger partial charge in [-0.2, -0.15) is 15.0 Å². The van der Waals surface area contributed by atoms with E-state index in [2.05, 4.69) is 30.7 Å². The Morgan fingerprint density at radius 3 is 2.80 bits per heavy atom. The van der Waals surface area contributed by atoms with Crippen molar-refractivity contribution in [3.63, 3.8) is 0 Å². The van der Waals surface area contributed by atoms with E-state index >= 15 is 0 Å². The van der Waals surface area contributed by atoms with Crippen molar-refractivity contribution in [1.29, 1.82) is 0 Å². The SMILES string of the molecule is CS(=O)CCCNc1nc(NN)nc(-n2ccnc2)n1. The molecule has 0 aliphatic rings. The molecule has 2 aromatic heterocycles. The number of nitrogens with zero attached hydrogens (tertiary/aromatic N) is 5. The second-order valence-corrected chi connectivity index (χ2v) is 5.51. The lowest BCUT2D eigenvalue weighted by Crippen LogP contribution is -2.16. The molecule has 2 heterocycles. The summed E-state index contributed by atoms with van der Waals surface area (Å²) < 4.78 is 12.6. The van der Waals surface area contributed by atoms with Crippen molar-refractivity contribution in [1.82, 2.24) is 24.5 Å². The Kier molecular flexibility index (Phi) is 4.96. The normalized spacial score (nSPS) is 12.1. The molecule has 108 valence electrons. The smallest absolute Gasteiger partial charge is 0.243 e. The zero-order valence-electron chi connectivity index (χ0n) is 11.0. The zero-order chi connectivity index (χ0) is 14.4. The van der Waals surface area contributed by atoms with Gasteiger partial charge in [0, 0.05) is 41.7 Å². The minimum atomic E-state index is -0.796. The molecular weight excluding hydrogens is 280 g/mol. The monoisotopic (exact) mass is 296 g/mol. The van der Waals surface area contributed by atoms with Crippen molar-refractivity contribution in [2.45, 2.75) is 6.42 Å². The quantitative estimate of drug-likeness (QED) is 0.356.